The number of amides is 3. The van der Waals surface area contributed by atoms with Crippen LogP contribution in [0.25, 0.3) is 5.57 Å². The van der Waals surface area contributed by atoms with Gasteiger partial charge in [0, 0.05) is 14.1 Å². The largest absolute Gasteiger partial charge is 0.454 e. The van der Waals surface area contributed by atoms with Gasteiger partial charge in [0.25, 0.3) is 5.91 Å². The van der Waals surface area contributed by atoms with Gasteiger partial charge in [0.1, 0.15) is 24.4 Å². The second-order valence-corrected chi connectivity index (χ2v) is 8.10. The molecule has 1 fully saturated rings. The lowest BCUT2D eigenvalue weighted by Gasteiger charge is -2.47. The maximum Gasteiger partial charge on any atom is 0.335 e. The van der Waals surface area contributed by atoms with Gasteiger partial charge in [-0.05, 0) is 43.2 Å². The maximum absolute atomic E-state index is 13.6. The van der Waals surface area contributed by atoms with Crippen LogP contribution in [-0.2, 0) is 9.47 Å². The molecule has 3 aliphatic heterocycles. The first-order valence-electron chi connectivity index (χ1n) is 9.70. The van der Waals surface area contributed by atoms with E-state index in [0.29, 0.717) is 28.2 Å². The molecule has 1 aromatic carbocycles. The van der Waals surface area contributed by atoms with Crippen molar-refractivity contribution in [2.24, 2.45) is 0 Å². The van der Waals surface area contributed by atoms with E-state index in [2.05, 4.69) is 5.32 Å². The molecule has 0 aromatic heterocycles. The van der Waals surface area contributed by atoms with Gasteiger partial charge in [-0.2, -0.15) is 0 Å². The first-order chi connectivity index (χ1) is 14.2. The van der Waals surface area contributed by atoms with Crippen molar-refractivity contribution in [1.82, 2.24) is 15.3 Å². The van der Waals surface area contributed by atoms with Gasteiger partial charge in [-0.3, -0.25) is 4.79 Å². The molecule has 1 aliphatic carbocycles. The minimum absolute atomic E-state index is 0.0647. The quantitative estimate of drug-likeness (QED) is 0.692. The molecule has 0 bridgehead atoms. The lowest BCUT2D eigenvalue weighted by Crippen LogP contribution is -2.64. The van der Waals surface area contributed by atoms with E-state index in [-0.39, 0.29) is 12.7 Å². The van der Waals surface area contributed by atoms with Gasteiger partial charge in [0.05, 0.1) is 5.56 Å². The van der Waals surface area contributed by atoms with Gasteiger partial charge in [-0.25, -0.2) is 14.8 Å². The summed E-state index contributed by atoms with van der Waals surface area (Å²) in [5, 5.41) is 15.9. The third kappa shape index (κ3) is 2.60. The van der Waals surface area contributed by atoms with Crippen LogP contribution in [0.15, 0.2) is 18.2 Å². The Morgan fingerprint density at radius 3 is 2.50 bits per heavy atom. The number of urea groups is 1. The fourth-order valence-corrected chi connectivity index (χ4v) is 4.59. The first kappa shape index (κ1) is 19.2. The normalized spacial score (nSPS) is 30.2. The molecule has 1 saturated heterocycles. The summed E-state index contributed by atoms with van der Waals surface area (Å²) in [6, 6.07) is 2.20. The zero-order valence-electron chi connectivity index (χ0n) is 17.0. The van der Waals surface area contributed by atoms with Crippen LogP contribution < -0.4 is 14.8 Å². The van der Waals surface area contributed by atoms with Crippen molar-refractivity contribution in [3.63, 3.8) is 0 Å². The van der Waals surface area contributed by atoms with Crippen LogP contribution in [0.5, 0.6) is 11.5 Å². The van der Waals surface area contributed by atoms with Gasteiger partial charge in [-0.15, -0.1) is 0 Å². The smallest absolute Gasteiger partial charge is 0.335 e. The third-order valence-corrected chi connectivity index (χ3v) is 5.84. The number of aliphatic hydroxyl groups is 1. The van der Waals surface area contributed by atoms with E-state index >= 15 is 0 Å². The van der Waals surface area contributed by atoms with Gasteiger partial charge in [0.15, 0.2) is 17.3 Å². The van der Waals surface area contributed by atoms with Gasteiger partial charge >= 0.3 is 6.03 Å². The van der Waals surface area contributed by atoms with Crippen molar-refractivity contribution in [3.8, 4) is 11.5 Å². The number of aliphatic hydroxyl groups excluding tert-OH is 1. The molecule has 0 saturated carbocycles. The second kappa shape index (κ2) is 6.34. The number of carbonyl (C=O) groups is 2. The van der Waals surface area contributed by atoms with Crippen molar-refractivity contribution in [2.75, 3.05) is 20.9 Å². The monoisotopic (exact) mass is 417 g/mol. The van der Waals surface area contributed by atoms with Crippen LogP contribution in [-0.4, -0.2) is 78.1 Å². The Bertz CT molecular complexity index is 975. The van der Waals surface area contributed by atoms with Crippen molar-refractivity contribution >= 4 is 17.5 Å². The molecule has 1 aromatic rings. The molecule has 0 spiro atoms. The van der Waals surface area contributed by atoms with Crippen molar-refractivity contribution in [2.45, 2.75) is 44.0 Å². The number of hydrazine groups is 1. The van der Waals surface area contributed by atoms with E-state index in [1.807, 2.05) is 0 Å². The lowest BCUT2D eigenvalue weighted by atomic mass is 9.79. The number of rotatable bonds is 1. The SMILES string of the molecule is CNC(=O)N(C)N1C(=O)c2cc3c(cc2C2=C[C@@H](O)[C@@H]4OC(C)(C)O[C@@H]4[C@H]21)OCO3. The molecule has 0 radical (unpaired) electrons. The van der Waals surface area contributed by atoms with Crippen molar-refractivity contribution in [3.05, 3.63) is 29.3 Å². The Morgan fingerprint density at radius 1 is 1.20 bits per heavy atom. The van der Waals surface area contributed by atoms with Crippen molar-refractivity contribution < 1.29 is 33.6 Å². The molecule has 4 atom stereocenters. The number of hydrogen-bond acceptors (Lipinski definition) is 7. The van der Waals surface area contributed by atoms with Gasteiger partial charge < -0.3 is 29.4 Å². The predicted molar refractivity (Wildman–Crippen MR) is 103 cm³/mol. The molecule has 160 valence electrons. The van der Waals surface area contributed by atoms with Crippen LogP contribution in [0.4, 0.5) is 4.79 Å². The van der Waals surface area contributed by atoms with E-state index in [0.717, 1.165) is 0 Å². The predicted octanol–water partition coefficient (Wildman–Crippen LogP) is 0.704. The molecule has 2 N–H and O–H groups in total. The molecule has 3 heterocycles. The Labute approximate surface area is 172 Å². The number of nitrogens with zero attached hydrogens (tertiary/aromatic N) is 2. The summed E-state index contributed by atoms with van der Waals surface area (Å²) < 4.78 is 22.9. The van der Waals surface area contributed by atoms with Gasteiger partial charge in [0.2, 0.25) is 6.79 Å². The van der Waals surface area contributed by atoms with E-state index in [4.69, 9.17) is 18.9 Å². The highest BCUT2D eigenvalue weighted by molar-refractivity contribution is 6.05. The molecular weight excluding hydrogens is 394 g/mol. The highest BCUT2D eigenvalue weighted by atomic mass is 16.8. The number of benzene rings is 1. The Hall–Kier alpha value is -2.82. The summed E-state index contributed by atoms with van der Waals surface area (Å²) in [7, 11) is 3.00. The first-order valence-corrected chi connectivity index (χ1v) is 9.70. The Balaban J connectivity index is 1.70. The molecular formula is C20H23N3O7. The number of nitrogens with one attached hydrogen (secondary N) is 1. The van der Waals surface area contributed by atoms with E-state index in [1.54, 1.807) is 32.1 Å². The topological polar surface area (TPSA) is 110 Å². The standard InChI is InChI=1S/C20H23N3O7/c1-20(2)29-16-12(24)5-10-9-6-13-14(28-8-27-13)7-11(9)18(25)23(15(10)17(16)30-20)22(4)19(26)21-3/h5-7,12,15-17,24H,8H2,1-4H3,(H,21,26)/t12-,15+,16+,17-/m1/s1. The van der Waals surface area contributed by atoms with E-state index < -0.39 is 36.2 Å². The molecule has 30 heavy (non-hydrogen) atoms. The molecule has 10 heteroatoms. The highest BCUT2D eigenvalue weighted by Gasteiger charge is 2.57. The van der Waals surface area contributed by atoms with Crippen molar-refractivity contribution in [1.29, 1.82) is 0 Å². The van der Waals surface area contributed by atoms with Crippen LogP contribution in [0.2, 0.25) is 0 Å². The molecule has 4 aliphatic rings. The zero-order chi connectivity index (χ0) is 21.4. The lowest BCUT2D eigenvalue weighted by molar-refractivity contribution is -0.155. The van der Waals surface area contributed by atoms with Gasteiger partial charge in [-0.1, -0.05) is 0 Å². The van der Waals surface area contributed by atoms with Crippen LogP contribution >= 0.6 is 0 Å². The fraction of sp³-hybridized carbons (Fsp3) is 0.500. The second-order valence-electron chi connectivity index (χ2n) is 8.10. The average Bonchev–Trinajstić information content (AvgIpc) is 3.29. The minimum Gasteiger partial charge on any atom is -0.454 e. The average molecular weight is 417 g/mol. The number of hydrogen-bond donors (Lipinski definition) is 2. The zero-order valence-corrected chi connectivity index (χ0v) is 17.0. The maximum atomic E-state index is 13.6. The minimum atomic E-state index is -0.949. The highest BCUT2D eigenvalue weighted by Crippen LogP contribution is 2.48. The summed E-state index contributed by atoms with van der Waals surface area (Å²) >= 11 is 0. The molecule has 5 rings (SSSR count). The number of ether oxygens (including phenoxy) is 4. The van der Waals surface area contributed by atoms with Crippen LogP contribution in [0.3, 0.4) is 0 Å². The summed E-state index contributed by atoms with van der Waals surface area (Å²) in [5.41, 5.74) is 1.62. The number of fused-ring (bicyclic) bond motifs is 6. The van der Waals surface area contributed by atoms with Crippen LogP contribution in [0.1, 0.15) is 29.8 Å². The molecule has 0 unspecified atom stereocenters. The third-order valence-electron chi connectivity index (χ3n) is 5.84. The van der Waals surface area contributed by atoms with E-state index in [9.17, 15) is 14.7 Å². The summed E-state index contributed by atoms with van der Waals surface area (Å²) in [4.78, 5) is 26.0. The summed E-state index contributed by atoms with van der Waals surface area (Å²) in [6.07, 6.45) is -0.640. The fourth-order valence-electron chi connectivity index (χ4n) is 4.59. The Morgan fingerprint density at radius 2 is 1.83 bits per heavy atom. The molecule has 3 amide bonds. The molecule has 10 nitrogen and oxygen atoms in total. The summed E-state index contributed by atoms with van der Waals surface area (Å²) in [5.74, 6) is -0.357. The van der Waals surface area contributed by atoms with Crippen LogP contribution in [0, 0.1) is 0 Å². The number of carbonyl (C=O) groups excluding carboxylic acids is 2. The summed E-state index contributed by atoms with van der Waals surface area (Å²) in [6.45, 7) is 3.57. The Kier molecular flexibility index (Phi) is 4.05. The van der Waals surface area contributed by atoms with E-state index in [1.165, 1.54) is 24.1 Å².